The molecule has 5 nitrogen and oxygen atoms in total. The van der Waals surface area contributed by atoms with E-state index in [9.17, 15) is 13.2 Å². The second-order valence-corrected chi connectivity index (χ2v) is 6.97. The summed E-state index contributed by atoms with van der Waals surface area (Å²) in [6, 6.07) is 1.27. The van der Waals surface area contributed by atoms with E-state index in [0.29, 0.717) is 18.9 Å². The number of thiocarbonyl (C=S) groups is 1. The summed E-state index contributed by atoms with van der Waals surface area (Å²) in [5.74, 6) is 0.188. The van der Waals surface area contributed by atoms with Gasteiger partial charge in [-0.05, 0) is 37.9 Å². The Hall–Kier alpha value is -1.64. The molecule has 1 saturated carbocycles. The van der Waals surface area contributed by atoms with E-state index in [1.807, 2.05) is 4.90 Å². The lowest BCUT2D eigenvalue weighted by Gasteiger charge is -2.24. The standard InChI is InChI=1S/C16H22F3N5S/c17-16(18,19)12-10-13(24-8-4-5-9-24)22-14(21-12)23-15(25)20-11-6-2-1-3-7-11/h10-11H,1-9H2,(H2,20,21,22,23,25). The Morgan fingerprint density at radius 1 is 1.08 bits per heavy atom. The molecule has 0 amide bonds. The summed E-state index contributed by atoms with van der Waals surface area (Å²) >= 11 is 5.23. The van der Waals surface area contributed by atoms with Crippen molar-refractivity contribution in [3.05, 3.63) is 11.8 Å². The van der Waals surface area contributed by atoms with E-state index in [1.165, 1.54) is 6.42 Å². The number of hydrogen-bond acceptors (Lipinski definition) is 4. The Morgan fingerprint density at radius 3 is 2.40 bits per heavy atom. The van der Waals surface area contributed by atoms with Gasteiger partial charge in [0, 0.05) is 25.2 Å². The predicted octanol–water partition coefficient (Wildman–Crippen LogP) is 3.71. The van der Waals surface area contributed by atoms with Crippen molar-refractivity contribution >= 4 is 29.1 Å². The van der Waals surface area contributed by atoms with Crippen LogP contribution in [0, 0.1) is 0 Å². The lowest BCUT2D eigenvalue weighted by molar-refractivity contribution is -0.141. The molecule has 0 atom stereocenters. The van der Waals surface area contributed by atoms with Crippen molar-refractivity contribution < 1.29 is 13.2 Å². The van der Waals surface area contributed by atoms with Crippen LogP contribution in [-0.2, 0) is 6.18 Å². The molecule has 1 aliphatic heterocycles. The van der Waals surface area contributed by atoms with Crippen molar-refractivity contribution in [2.24, 2.45) is 0 Å². The van der Waals surface area contributed by atoms with Gasteiger partial charge >= 0.3 is 6.18 Å². The second kappa shape index (κ2) is 7.72. The van der Waals surface area contributed by atoms with Gasteiger partial charge in [0.15, 0.2) is 10.8 Å². The maximum Gasteiger partial charge on any atom is 0.433 e. The number of nitrogens with one attached hydrogen (secondary N) is 2. The average molecular weight is 373 g/mol. The maximum absolute atomic E-state index is 13.2. The van der Waals surface area contributed by atoms with Gasteiger partial charge < -0.3 is 15.5 Å². The molecule has 2 heterocycles. The van der Waals surface area contributed by atoms with Gasteiger partial charge in [0.1, 0.15) is 5.82 Å². The zero-order valence-electron chi connectivity index (χ0n) is 13.9. The van der Waals surface area contributed by atoms with Gasteiger partial charge in [-0.1, -0.05) is 19.3 Å². The summed E-state index contributed by atoms with van der Waals surface area (Å²) in [5.41, 5.74) is -0.952. The van der Waals surface area contributed by atoms with E-state index >= 15 is 0 Å². The van der Waals surface area contributed by atoms with Crippen molar-refractivity contribution in [2.45, 2.75) is 57.2 Å². The van der Waals surface area contributed by atoms with Gasteiger partial charge in [-0.2, -0.15) is 18.2 Å². The normalized spacial score (nSPS) is 19.1. The molecule has 1 saturated heterocycles. The van der Waals surface area contributed by atoms with Gasteiger partial charge in [0.25, 0.3) is 0 Å². The smallest absolute Gasteiger partial charge is 0.360 e. The van der Waals surface area contributed by atoms with Crippen LogP contribution in [0.1, 0.15) is 50.6 Å². The van der Waals surface area contributed by atoms with Gasteiger partial charge in [-0.15, -0.1) is 0 Å². The highest BCUT2D eigenvalue weighted by molar-refractivity contribution is 7.80. The van der Waals surface area contributed by atoms with E-state index < -0.39 is 11.9 Å². The molecule has 3 rings (SSSR count). The summed E-state index contributed by atoms with van der Waals surface area (Å²) < 4.78 is 39.5. The fourth-order valence-corrected chi connectivity index (χ4v) is 3.57. The van der Waals surface area contributed by atoms with E-state index in [4.69, 9.17) is 12.2 Å². The van der Waals surface area contributed by atoms with Crippen molar-refractivity contribution in [2.75, 3.05) is 23.3 Å². The molecule has 138 valence electrons. The van der Waals surface area contributed by atoms with Crippen LogP contribution in [0.5, 0.6) is 0 Å². The Morgan fingerprint density at radius 2 is 1.76 bits per heavy atom. The summed E-state index contributed by atoms with van der Waals surface area (Å²) in [6.07, 6.45) is 2.92. The molecule has 1 aromatic heterocycles. The van der Waals surface area contributed by atoms with Gasteiger partial charge in [0.2, 0.25) is 5.95 Å². The molecule has 1 aromatic rings. The van der Waals surface area contributed by atoms with E-state index in [2.05, 4.69) is 20.6 Å². The van der Waals surface area contributed by atoms with Crippen LogP contribution in [0.2, 0.25) is 0 Å². The lowest BCUT2D eigenvalue weighted by Crippen LogP contribution is -2.39. The molecule has 2 fully saturated rings. The Kier molecular flexibility index (Phi) is 5.61. The predicted molar refractivity (Wildman–Crippen MR) is 94.7 cm³/mol. The number of halogens is 3. The number of rotatable bonds is 3. The van der Waals surface area contributed by atoms with Gasteiger partial charge in [-0.25, -0.2) is 4.98 Å². The topological polar surface area (TPSA) is 53.1 Å². The molecule has 9 heteroatoms. The minimum Gasteiger partial charge on any atom is -0.360 e. The van der Waals surface area contributed by atoms with Crippen molar-refractivity contribution in [3.8, 4) is 0 Å². The summed E-state index contributed by atoms with van der Waals surface area (Å²) in [7, 11) is 0. The summed E-state index contributed by atoms with van der Waals surface area (Å²) in [4.78, 5) is 9.69. The molecular weight excluding hydrogens is 351 g/mol. The Balaban J connectivity index is 1.74. The molecular formula is C16H22F3N5S. The third kappa shape index (κ3) is 4.93. The second-order valence-electron chi connectivity index (χ2n) is 6.56. The molecule has 1 aliphatic carbocycles. The molecule has 0 unspecified atom stereocenters. The average Bonchev–Trinajstić information content (AvgIpc) is 3.09. The maximum atomic E-state index is 13.2. The van der Waals surface area contributed by atoms with Crippen LogP contribution < -0.4 is 15.5 Å². The van der Waals surface area contributed by atoms with Crippen LogP contribution in [-0.4, -0.2) is 34.2 Å². The van der Waals surface area contributed by atoms with Gasteiger partial charge in [0.05, 0.1) is 0 Å². The third-order valence-electron chi connectivity index (χ3n) is 4.60. The van der Waals surface area contributed by atoms with Crippen molar-refractivity contribution in [1.82, 2.24) is 15.3 Å². The highest BCUT2D eigenvalue weighted by Crippen LogP contribution is 2.31. The molecule has 0 radical (unpaired) electrons. The van der Waals surface area contributed by atoms with Crippen LogP contribution >= 0.6 is 12.2 Å². The third-order valence-corrected chi connectivity index (χ3v) is 4.82. The van der Waals surface area contributed by atoms with Crippen molar-refractivity contribution in [3.63, 3.8) is 0 Å². The molecule has 0 aromatic carbocycles. The van der Waals surface area contributed by atoms with Crippen LogP contribution in [0.15, 0.2) is 6.07 Å². The molecule has 0 bridgehead atoms. The van der Waals surface area contributed by atoms with Crippen LogP contribution in [0.4, 0.5) is 24.9 Å². The summed E-state index contributed by atoms with van der Waals surface area (Å²) in [5, 5.41) is 6.17. The minimum absolute atomic E-state index is 0.106. The first-order chi connectivity index (χ1) is 11.9. The minimum atomic E-state index is -4.52. The number of aromatic nitrogens is 2. The molecule has 2 aliphatic rings. The number of hydrogen-bond donors (Lipinski definition) is 2. The monoisotopic (exact) mass is 373 g/mol. The Labute approximate surface area is 150 Å². The number of alkyl halides is 3. The Bertz CT molecular complexity index is 610. The van der Waals surface area contributed by atoms with E-state index in [0.717, 1.165) is 44.6 Å². The molecule has 2 N–H and O–H groups in total. The largest absolute Gasteiger partial charge is 0.433 e. The fraction of sp³-hybridized carbons (Fsp3) is 0.688. The number of nitrogens with zero attached hydrogens (tertiary/aromatic N) is 3. The highest BCUT2D eigenvalue weighted by Gasteiger charge is 2.34. The molecule has 0 spiro atoms. The quantitative estimate of drug-likeness (QED) is 0.788. The zero-order chi connectivity index (χ0) is 17.9. The van der Waals surface area contributed by atoms with E-state index in [1.54, 1.807) is 0 Å². The first kappa shape index (κ1) is 18.2. The lowest BCUT2D eigenvalue weighted by atomic mass is 9.96. The SMILES string of the molecule is FC(F)(F)c1cc(N2CCCC2)nc(NC(=S)NC2CCCCC2)n1. The summed E-state index contributed by atoms with van der Waals surface area (Å²) in [6.45, 7) is 1.41. The first-order valence-electron chi connectivity index (χ1n) is 8.70. The van der Waals surface area contributed by atoms with Crippen molar-refractivity contribution in [1.29, 1.82) is 0 Å². The van der Waals surface area contributed by atoms with Crippen LogP contribution in [0.3, 0.4) is 0 Å². The van der Waals surface area contributed by atoms with E-state index in [-0.39, 0.29) is 17.1 Å². The highest BCUT2D eigenvalue weighted by atomic mass is 32.1. The van der Waals surface area contributed by atoms with Crippen LogP contribution in [0.25, 0.3) is 0 Å². The fourth-order valence-electron chi connectivity index (χ4n) is 3.31. The first-order valence-corrected chi connectivity index (χ1v) is 9.11. The van der Waals surface area contributed by atoms with Gasteiger partial charge in [-0.3, -0.25) is 0 Å². The zero-order valence-corrected chi connectivity index (χ0v) is 14.7. The number of anilines is 2. The molecule has 25 heavy (non-hydrogen) atoms.